The first-order chi connectivity index (χ1) is 23.5. The second kappa shape index (κ2) is 19.7. The van der Waals surface area contributed by atoms with Crippen LogP contribution in [0.2, 0.25) is 0 Å². The van der Waals surface area contributed by atoms with Gasteiger partial charge in [0, 0.05) is 16.6 Å². The molecule has 0 aliphatic carbocycles. The summed E-state index contributed by atoms with van der Waals surface area (Å²) < 4.78 is 17.4. The number of rotatable bonds is 21. The Morgan fingerprint density at radius 2 is 1.29 bits per heavy atom. The van der Waals surface area contributed by atoms with Crippen LogP contribution in [-0.4, -0.2) is 55.2 Å². The Bertz CT molecular complexity index is 1500. The van der Waals surface area contributed by atoms with Crippen molar-refractivity contribution in [1.29, 1.82) is 0 Å². The summed E-state index contributed by atoms with van der Waals surface area (Å²) >= 11 is 0. The summed E-state index contributed by atoms with van der Waals surface area (Å²) in [4.78, 5) is 24.1. The fourth-order valence-corrected chi connectivity index (χ4v) is 5.78. The van der Waals surface area contributed by atoms with Crippen molar-refractivity contribution in [2.45, 2.75) is 79.1 Å². The molecule has 3 aromatic rings. The SMILES string of the molecule is C=C(C)C(=O)OCCCc1cc(-c2ccc(-c3ccccc3)cc2C)cc(CCCOC(=O)C(=C)C)c1OCCC(CO)(CO)CCCC. The molecule has 0 spiro atoms. The molecule has 0 saturated heterocycles. The van der Waals surface area contributed by atoms with E-state index in [2.05, 4.69) is 69.5 Å². The van der Waals surface area contributed by atoms with E-state index in [4.69, 9.17) is 14.2 Å². The summed E-state index contributed by atoms with van der Waals surface area (Å²) in [5.74, 6) is -0.0957. The predicted molar refractivity (Wildman–Crippen MR) is 196 cm³/mol. The number of ether oxygens (including phenoxy) is 3. The molecule has 0 heterocycles. The van der Waals surface area contributed by atoms with Gasteiger partial charge in [-0.05, 0) is 110 Å². The lowest BCUT2D eigenvalue weighted by molar-refractivity contribution is -0.139. The Morgan fingerprint density at radius 1 is 0.714 bits per heavy atom. The summed E-state index contributed by atoms with van der Waals surface area (Å²) in [5.41, 5.74) is 7.57. The molecule has 3 rings (SSSR count). The second-order valence-electron chi connectivity index (χ2n) is 13.1. The van der Waals surface area contributed by atoms with Crippen LogP contribution in [-0.2, 0) is 31.9 Å². The van der Waals surface area contributed by atoms with E-state index in [9.17, 15) is 19.8 Å². The highest BCUT2D eigenvalue weighted by atomic mass is 16.5. The van der Waals surface area contributed by atoms with E-state index in [1.165, 1.54) is 0 Å². The van der Waals surface area contributed by atoms with Crippen LogP contribution in [0.15, 0.2) is 85.0 Å². The first-order valence-corrected chi connectivity index (χ1v) is 17.4. The zero-order valence-corrected chi connectivity index (χ0v) is 29.8. The summed E-state index contributed by atoms with van der Waals surface area (Å²) in [7, 11) is 0. The molecule has 0 amide bonds. The van der Waals surface area contributed by atoms with Crippen LogP contribution in [0.3, 0.4) is 0 Å². The van der Waals surface area contributed by atoms with Crippen LogP contribution < -0.4 is 4.74 Å². The molecule has 0 radical (unpaired) electrons. The number of hydrogen-bond acceptors (Lipinski definition) is 7. The topological polar surface area (TPSA) is 102 Å². The largest absolute Gasteiger partial charge is 0.493 e. The van der Waals surface area contributed by atoms with Gasteiger partial charge in [-0.2, -0.15) is 0 Å². The van der Waals surface area contributed by atoms with E-state index in [1.54, 1.807) is 13.8 Å². The lowest BCUT2D eigenvalue weighted by Gasteiger charge is -2.30. The van der Waals surface area contributed by atoms with E-state index in [0.29, 0.717) is 56.3 Å². The third kappa shape index (κ3) is 11.7. The van der Waals surface area contributed by atoms with Gasteiger partial charge in [-0.1, -0.05) is 81.5 Å². The van der Waals surface area contributed by atoms with Crippen molar-refractivity contribution >= 4 is 11.9 Å². The minimum atomic E-state index is -0.624. The van der Waals surface area contributed by atoms with Gasteiger partial charge in [0.25, 0.3) is 0 Å². The molecule has 0 fully saturated rings. The molecule has 7 nitrogen and oxygen atoms in total. The van der Waals surface area contributed by atoms with Crippen LogP contribution in [0.25, 0.3) is 22.3 Å². The van der Waals surface area contributed by atoms with Gasteiger partial charge in [0.2, 0.25) is 0 Å². The fourth-order valence-electron chi connectivity index (χ4n) is 5.78. The Hall–Kier alpha value is -4.20. The zero-order valence-electron chi connectivity index (χ0n) is 29.8. The van der Waals surface area contributed by atoms with Crippen LogP contribution in [0, 0.1) is 12.3 Å². The zero-order chi connectivity index (χ0) is 35.8. The molecular weight excluding hydrogens is 616 g/mol. The quantitative estimate of drug-likeness (QED) is 0.0667. The number of aliphatic hydroxyl groups excluding tert-OH is 2. The van der Waals surface area contributed by atoms with Crippen molar-refractivity contribution in [2.75, 3.05) is 33.0 Å². The fraction of sp³-hybridized carbons (Fsp3) is 0.429. The van der Waals surface area contributed by atoms with Crippen molar-refractivity contribution in [1.82, 2.24) is 0 Å². The van der Waals surface area contributed by atoms with E-state index in [0.717, 1.165) is 57.5 Å². The number of aliphatic hydroxyl groups is 2. The third-order valence-electron chi connectivity index (χ3n) is 8.84. The first-order valence-electron chi connectivity index (χ1n) is 17.4. The summed E-state index contributed by atoms with van der Waals surface area (Å²) in [6.45, 7) is 15.3. The molecule has 0 unspecified atom stereocenters. The molecule has 7 heteroatoms. The predicted octanol–water partition coefficient (Wildman–Crippen LogP) is 8.36. The molecule has 0 aliphatic rings. The maximum Gasteiger partial charge on any atom is 0.333 e. The molecule has 49 heavy (non-hydrogen) atoms. The van der Waals surface area contributed by atoms with Gasteiger partial charge in [-0.3, -0.25) is 0 Å². The van der Waals surface area contributed by atoms with Crippen molar-refractivity contribution in [3.8, 4) is 28.0 Å². The molecular formula is C42H54O7. The van der Waals surface area contributed by atoms with E-state index < -0.39 is 17.4 Å². The maximum absolute atomic E-state index is 12.1. The van der Waals surface area contributed by atoms with E-state index >= 15 is 0 Å². The number of esters is 2. The molecule has 2 N–H and O–H groups in total. The van der Waals surface area contributed by atoms with Crippen molar-refractivity contribution in [3.63, 3.8) is 0 Å². The number of hydrogen-bond donors (Lipinski definition) is 2. The number of carbonyl (C=O) groups is 2. The highest BCUT2D eigenvalue weighted by molar-refractivity contribution is 5.87. The van der Waals surface area contributed by atoms with Crippen LogP contribution >= 0.6 is 0 Å². The monoisotopic (exact) mass is 670 g/mol. The molecule has 0 bridgehead atoms. The Morgan fingerprint density at radius 3 is 1.78 bits per heavy atom. The van der Waals surface area contributed by atoms with E-state index in [1.807, 2.05) is 18.2 Å². The third-order valence-corrected chi connectivity index (χ3v) is 8.84. The Balaban J connectivity index is 2.01. The normalized spacial score (nSPS) is 11.2. The minimum absolute atomic E-state index is 0.119. The van der Waals surface area contributed by atoms with Gasteiger partial charge >= 0.3 is 11.9 Å². The molecule has 264 valence electrons. The number of carbonyl (C=O) groups excluding carboxylic acids is 2. The Kier molecular flexibility index (Phi) is 15.8. The van der Waals surface area contributed by atoms with Crippen molar-refractivity contribution in [2.24, 2.45) is 5.41 Å². The molecule has 0 aliphatic heterocycles. The van der Waals surface area contributed by atoms with Crippen molar-refractivity contribution < 1.29 is 34.0 Å². The smallest absolute Gasteiger partial charge is 0.333 e. The second-order valence-corrected chi connectivity index (χ2v) is 13.1. The number of aryl methyl sites for hydroxylation is 3. The highest BCUT2D eigenvalue weighted by Crippen LogP contribution is 2.37. The van der Waals surface area contributed by atoms with Crippen molar-refractivity contribution in [3.05, 3.63) is 102 Å². The minimum Gasteiger partial charge on any atom is -0.493 e. The van der Waals surface area contributed by atoms with Gasteiger partial charge in [-0.15, -0.1) is 0 Å². The lowest BCUT2D eigenvalue weighted by atomic mass is 9.81. The summed E-state index contributed by atoms with van der Waals surface area (Å²) in [6.07, 6.45) is 5.41. The van der Waals surface area contributed by atoms with Crippen LogP contribution in [0.1, 0.15) is 76.0 Å². The van der Waals surface area contributed by atoms with Gasteiger partial charge in [-0.25, -0.2) is 9.59 Å². The maximum atomic E-state index is 12.1. The van der Waals surface area contributed by atoms with Crippen LogP contribution in [0.4, 0.5) is 0 Å². The molecule has 0 atom stereocenters. The highest BCUT2D eigenvalue weighted by Gasteiger charge is 2.28. The lowest BCUT2D eigenvalue weighted by Crippen LogP contribution is -2.32. The van der Waals surface area contributed by atoms with Gasteiger partial charge in [0.15, 0.2) is 0 Å². The molecule has 0 aromatic heterocycles. The van der Waals surface area contributed by atoms with E-state index in [-0.39, 0.29) is 26.4 Å². The molecule has 3 aromatic carbocycles. The Labute approximate surface area is 292 Å². The number of unbranched alkanes of at least 4 members (excludes halogenated alkanes) is 1. The summed E-state index contributed by atoms with van der Waals surface area (Å²) in [5, 5.41) is 20.5. The first kappa shape index (κ1) is 39.2. The average molecular weight is 671 g/mol. The van der Waals surface area contributed by atoms with Gasteiger partial charge in [0.05, 0.1) is 33.0 Å². The summed E-state index contributed by atoms with van der Waals surface area (Å²) in [6, 6.07) is 21.0. The average Bonchev–Trinajstić information content (AvgIpc) is 3.10. The van der Waals surface area contributed by atoms with Gasteiger partial charge < -0.3 is 24.4 Å². The molecule has 0 saturated carbocycles. The standard InChI is InChI=1S/C42H54O7/c1-7-8-20-42(28-43,29-44)21-24-47-39-35(16-12-22-48-40(45)30(2)3)26-37(27-36(39)17-13-23-49-41(46)31(4)5)38-19-18-34(25-32(38)6)33-14-10-9-11-15-33/h9-11,14-15,18-19,25-27,43-44H,2,4,7-8,12-13,16-17,20-24,28-29H2,1,3,5-6H3. The van der Waals surface area contributed by atoms with Crippen LogP contribution in [0.5, 0.6) is 5.75 Å². The number of benzene rings is 3. The van der Waals surface area contributed by atoms with Gasteiger partial charge in [0.1, 0.15) is 5.75 Å².